The summed E-state index contributed by atoms with van der Waals surface area (Å²) in [6.07, 6.45) is 1.74. The van der Waals surface area contributed by atoms with Gasteiger partial charge in [0.25, 0.3) is 0 Å². The van der Waals surface area contributed by atoms with Crippen LogP contribution in [0, 0.1) is 0 Å². The topological polar surface area (TPSA) is 31.4 Å². The van der Waals surface area contributed by atoms with Crippen molar-refractivity contribution in [3.8, 4) is 11.5 Å². The number of alkyl halides is 1. The standard InChI is InChI=1S/C14H12Br2ClNO2/c1-19-13-5-11(17)4-9(6-15)14(13)20-8-12-3-2-10(16)7-18-12/h2-5,7H,6,8H2,1H3. The lowest BCUT2D eigenvalue weighted by Crippen LogP contribution is -2.02. The van der Waals surface area contributed by atoms with Crippen LogP contribution < -0.4 is 9.47 Å². The van der Waals surface area contributed by atoms with Crippen LogP contribution in [0.1, 0.15) is 11.3 Å². The van der Waals surface area contributed by atoms with Crippen molar-refractivity contribution >= 4 is 43.5 Å². The van der Waals surface area contributed by atoms with Crippen LogP contribution in [-0.2, 0) is 11.9 Å². The monoisotopic (exact) mass is 419 g/mol. The van der Waals surface area contributed by atoms with Gasteiger partial charge in [0.2, 0.25) is 0 Å². The third-order valence-electron chi connectivity index (χ3n) is 2.61. The molecule has 0 saturated heterocycles. The molecule has 2 aromatic rings. The fraction of sp³-hybridized carbons (Fsp3) is 0.214. The number of methoxy groups -OCH3 is 1. The van der Waals surface area contributed by atoms with Crippen LogP contribution in [0.4, 0.5) is 0 Å². The molecular weight excluding hydrogens is 409 g/mol. The second-order valence-corrected chi connectivity index (χ2v) is 5.90. The maximum absolute atomic E-state index is 6.04. The Labute approximate surface area is 139 Å². The van der Waals surface area contributed by atoms with Crippen molar-refractivity contribution in [2.75, 3.05) is 7.11 Å². The summed E-state index contributed by atoms with van der Waals surface area (Å²) in [5.41, 5.74) is 1.78. The molecule has 1 aromatic carbocycles. The minimum atomic E-state index is 0.366. The van der Waals surface area contributed by atoms with E-state index in [1.807, 2.05) is 18.2 Å². The Hall–Kier alpha value is -0.780. The fourth-order valence-corrected chi connectivity index (χ4v) is 2.56. The Kier molecular flexibility index (Phi) is 5.69. The largest absolute Gasteiger partial charge is 0.493 e. The first kappa shape index (κ1) is 15.6. The van der Waals surface area contributed by atoms with Crippen molar-refractivity contribution in [2.24, 2.45) is 0 Å². The predicted molar refractivity (Wildman–Crippen MR) is 86.9 cm³/mol. The third kappa shape index (κ3) is 3.87. The quantitative estimate of drug-likeness (QED) is 0.638. The van der Waals surface area contributed by atoms with Crippen LogP contribution in [0.2, 0.25) is 5.02 Å². The number of benzene rings is 1. The molecule has 0 amide bonds. The van der Waals surface area contributed by atoms with E-state index in [0.717, 1.165) is 15.7 Å². The summed E-state index contributed by atoms with van der Waals surface area (Å²) >= 11 is 12.8. The summed E-state index contributed by atoms with van der Waals surface area (Å²) in [5, 5.41) is 1.25. The smallest absolute Gasteiger partial charge is 0.165 e. The molecule has 6 heteroatoms. The van der Waals surface area contributed by atoms with Gasteiger partial charge in [0.1, 0.15) is 6.61 Å². The van der Waals surface area contributed by atoms with E-state index in [9.17, 15) is 0 Å². The van der Waals surface area contributed by atoms with Gasteiger partial charge in [0, 0.05) is 32.7 Å². The van der Waals surface area contributed by atoms with Crippen molar-refractivity contribution in [1.82, 2.24) is 4.98 Å². The average Bonchev–Trinajstić information content (AvgIpc) is 2.46. The van der Waals surface area contributed by atoms with Gasteiger partial charge >= 0.3 is 0 Å². The molecule has 106 valence electrons. The minimum Gasteiger partial charge on any atom is -0.493 e. The Bertz CT molecular complexity index is 565. The van der Waals surface area contributed by atoms with Crippen LogP contribution >= 0.6 is 43.5 Å². The summed E-state index contributed by atoms with van der Waals surface area (Å²) in [4.78, 5) is 4.27. The van der Waals surface area contributed by atoms with Gasteiger partial charge in [-0.3, -0.25) is 4.98 Å². The Morgan fingerprint density at radius 1 is 1.30 bits per heavy atom. The van der Waals surface area contributed by atoms with E-state index in [2.05, 4.69) is 36.8 Å². The second kappa shape index (κ2) is 7.29. The van der Waals surface area contributed by atoms with Gasteiger partial charge in [-0.25, -0.2) is 0 Å². The zero-order valence-corrected chi connectivity index (χ0v) is 14.6. The van der Waals surface area contributed by atoms with Gasteiger partial charge in [0.15, 0.2) is 11.5 Å². The molecule has 0 radical (unpaired) electrons. The molecule has 1 heterocycles. The average molecular weight is 422 g/mol. The first-order valence-corrected chi connectivity index (χ1v) is 8.09. The summed E-state index contributed by atoms with van der Waals surface area (Å²) in [6, 6.07) is 7.41. The molecule has 0 saturated carbocycles. The lowest BCUT2D eigenvalue weighted by Gasteiger charge is -2.14. The molecule has 0 spiro atoms. The van der Waals surface area contributed by atoms with Crippen molar-refractivity contribution in [1.29, 1.82) is 0 Å². The molecule has 2 rings (SSSR count). The van der Waals surface area contributed by atoms with E-state index in [-0.39, 0.29) is 0 Å². The zero-order chi connectivity index (χ0) is 14.5. The summed E-state index contributed by atoms with van der Waals surface area (Å²) in [5.74, 6) is 1.29. The van der Waals surface area contributed by atoms with E-state index in [4.69, 9.17) is 21.1 Å². The molecule has 0 aliphatic carbocycles. The van der Waals surface area contributed by atoms with Crippen molar-refractivity contribution in [3.63, 3.8) is 0 Å². The molecule has 0 aliphatic rings. The van der Waals surface area contributed by atoms with E-state index in [0.29, 0.717) is 28.5 Å². The minimum absolute atomic E-state index is 0.366. The second-order valence-electron chi connectivity index (χ2n) is 3.99. The molecule has 0 unspecified atom stereocenters. The number of halogens is 3. The van der Waals surface area contributed by atoms with Crippen LogP contribution in [0.15, 0.2) is 34.9 Å². The molecule has 0 aliphatic heterocycles. The highest BCUT2D eigenvalue weighted by Crippen LogP contribution is 2.36. The third-order valence-corrected chi connectivity index (χ3v) is 3.90. The lowest BCUT2D eigenvalue weighted by atomic mass is 10.2. The zero-order valence-electron chi connectivity index (χ0n) is 10.7. The normalized spacial score (nSPS) is 10.4. The number of nitrogens with zero attached hydrogens (tertiary/aromatic N) is 1. The van der Waals surface area contributed by atoms with Gasteiger partial charge in [0.05, 0.1) is 12.8 Å². The fourth-order valence-electron chi connectivity index (χ4n) is 1.68. The van der Waals surface area contributed by atoms with E-state index >= 15 is 0 Å². The molecule has 20 heavy (non-hydrogen) atoms. The summed E-state index contributed by atoms with van der Waals surface area (Å²) in [6.45, 7) is 0.366. The first-order valence-electron chi connectivity index (χ1n) is 5.79. The molecule has 0 atom stereocenters. The van der Waals surface area contributed by atoms with Crippen LogP contribution in [0.25, 0.3) is 0 Å². The van der Waals surface area contributed by atoms with Crippen LogP contribution in [0.3, 0.4) is 0 Å². The number of aromatic nitrogens is 1. The molecular formula is C14H12Br2ClNO2. The molecule has 0 bridgehead atoms. The SMILES string of the molecule is COc1cc(Cl)cc(CBr)c1OCc1ccc(Br)cn1. The Balaban J connectivity index is 2.21. The summed E-state index contributed by atoms with van der Waals surface area (Å²) in [7, 11) is 1.59. The highest BCUT2D eigenvalue weighted by Gasteiger charge is 2.12. The molecule has 3 nitrogen and oxygen atoms in total. The maximum atomic E-state index is 6.04. The molecule has 1 aromatic heterocycles. The molecule has 0 fully saturated rings. The van der Waals surface area contributed by atoms with E-state index in [1.165, 1.54) is 0 Å². The van der Waals surface area contributed by atoms with E-state index < -0.39 is 0 Å². The number of rotatable bonds is 5. The van der Waals surface area contributed by atoms with Gasteiger partial charge in [-0.15, -0.1) is 0 Å². The number of ether oxygens (including phenoxy) is 2. The van der Waals surface area contributed by atoms with Crippen molar-refractivity contribution in [2.45, 2.75) is 11.9 Å². The Morgan fingerprint density at radius 3 is 2.70 bits per heavy atom. The Morgan fingerprint density at radius 2 is 2.10 bits per heavy atom. The summed E-state index contributed by atoms with van der Waals surface area (Å²) < 4.78 is 12.1. The highest BCUT2D eigenvalue weighted by atomic mass is 79.9. The van der Waals surface area contributed by atoms with Gasteiger partial charge in [-0.2, -0.15) is 0 Å². The van der Waals surface area contributed by atoms with E-state index in [1.54, 1.807) is 19.4 Å². The number of hydrogen-bond acceptors (Lipinski definition) is 3. The lowest BCUT2D eigenvalue weighted by molar-refractivity contribution is 0.278. The maximum Gasteiger partial charge on any atom is 0.165 e. The van der Waals surface area contributed by atoms with Gasteiger partial charge in [-0.1, -0.05) is 27.5 Å². The highest BCUT2D eigenvalue weighted by molar-refractivity contribution is 9.10. The van der Waals surface area contributed by atoms with Gasteiger partial charge < -0.3 is 9.47 Å². The predicted octanol–water partition coefficient (Wildman–Crippen LogP) is 4.98. The molecule has 0 N–H and O–H groups in total. The van der Waals surface area contributed by atoms with Crippen LogP contribution in [-0.4, -0.2) is 12.1 Å². The number of pyridine rings is 1. The van der Waals surface area contributed by atoms with Crippen molar-refractivity contribution < 1.29 is 9.47 Å². The van der Waals surface area contributed by atoms with Crippen molar-refractivity contribution in [3.05, 3.63) is 51.2 Å². The van der Waals surface area contributed by atoms with Crippen LogP contribution in [0.5, 0.6) is 11.5 Å². The number of hydrogen-bond donors (Lipinski definition) is 0. The first-order chi connectivity index (χ1) is 9.63. The van der Waals surface area contributed by atoms with Gasteiger partial charge in [-0.05, 0) is 34.1 Å².